The van der Waals surface area contributed by atoms with Crippen molar-refractivity contribution in [3.05, 3.63) is 34.9 Å². The van der Waals surface area contributed by atoms with Crippen LogP contribution in [0, 0.1) is 11.3 Å². The number of halogens is 1. The number of sulfonamides is 1. The van der Waals surface area contributed by atoms with Gasteiger partial charge in [-0.25, -0.2) is 12.7 Å². The Morgan fingerprint density at radius 1 is 1.22 bits per heavy atom. The molecule has 2 aliphatic heterocycles. The van der Waals surface area contributed by atoms with E-state index in [-0.39, 0.29) is 23.0 Å². The van der Waals surface area contributed by atoms with Crippen LogP contribution in [0.4, 0.5) is 0 Å². The second-order valence-corrected chi connectivity index (χ2v) is 11.0. The van der Waals surface area contributed by atoms with E-state index in [1.807, 2.05) is 4.90 Å². The molecule has 2 heterocycles. The number of amides is 1. The van der Waals surface area contributed by atoms with Gasteiger partial charge in [-0.1, -0.05) is 37.6 Å². The van der Waals surface area contributed by atoms with Crippen molar-refractivity contribution in [1.82, 2.24) is 9.21 Å². The molecular formula is C20H29ClN2O3S. The highest BCUT2D eigenvalue weighted by Crippen LogP contribution is 2.31. The zero-order valence-electron chi connectivity index (χ0n) is 16.2. The molecule has 1 aromatic carbocycles. The average molecular weight is 413 g/mol. The smallest absolute Gasteiger partial charge is 0.225 e. The van der Waals surface area contributed by atoms with Crippen molar-refractivity contribution in [1.29, 1.82) is 0 Å². The molecule has 2 fully saturated rings. The van der Waals surface area contributed by atoms with E-state index in [4.69, 9.17) is 11.6 Å². The van der Waals surface area contributed by atoms with E-state index >= 15 is 0 Å². The Morgan fingerprint density at radius 3 is 2.56 bits per heavy atom. The summed E-state index contributed by atoms with van der Waals surface area (Å²) in [6.07, 6.45) is 3.40. The van der Waals surface area contributed by atoms with E-state index in [1.54, 1.807) is 24.3 Å². The maximum atomic E-state index is 12.9. The van der Waals surface area contributed by atoms with Gasteiger partial charge in [0.2, 0.25) is 15.9 Å². The first kappa shape index (κ1) is 20.6. The van der Waals surface area contributed by atoms with E-state index in [0.717, 1.165) is 25.9 Å². The lowest BCUT2D eigenvalue weighted by Crippen LogP contribution is -2.49. The second kappa shape index (κ2) is 8.10. The Hall–Kier alpha value is -1.11. The molecule has 7 heteroatoms. The zero-order valence-corrected chi connectivity index (χ0v) is 17.7. The van der Waals surface area contributed by atoms with Gasteiger partial charge >= 0.3 is 0 Å². The van der Waals surface area contributed by atoms with Crippen LogP contribution in [0.3, 0.4) is 0 Å². The third kappa shape index (κ3) is 5.24. The van der Waals surface area contributed by atoms with Crippen LogP contribution in [0.25, 0.3) is 0 Å². The number of carbonyl (C=O) groups excluding carboxylic acids is 1. The summed E-state index contributed by atoms with van der Waals surface area (Å²) in [6, 6.07) is 6.96. The van der Waals surface area contributed by atoms with Crippen molar-refractivity contribution >= 4 is 27.5 Å². The monoisotopic (exact) mass is 412 g/mol. The highest BCUT2D eigenvalue weighted by atomic mass is 35.5. The maximum absolute atomic E-state index is 12.9. The Balaban J connectivity index is 1.57. The highest BCUT2D eigenvalue weighted by molar-refractivity contribution is 7.88. The predicted molar refractivity (Wildman–Crippen MR) is 108 cm³/mol. The fraction of sp³-hybridized carbons (Fsp3) is 0.650. The van der Waals surface area contributed by atoms with Gasteiger partial charge in [0.05, 0.1) is 5.75 Å². The van der Waals surface area contributed by atoms with Crippen molar-refractivity contribution in [2.75, 3.05) is 26.2 Å². The third-order valence-electron chi connectivity index (χ3n) is 5.65. The summed E-state index contributed by atoms with van der Waals surface area (Å²) in [4.78, 5) is 14.9. The molecule has 0 aliphatic carbocycles. The van der Waals surface area contributed by atoms with Crippen molar-refractivity contribution in [3.8, 4) is 0 Å². The molecule has 0 bridgehead atoms. The molecule has 0 aromatic heterocycles. The molecule has 5 nitrogen and oxygen atoms in total. The summed E-state index contributed by atoms with van der Waals surface area (Å²) in [5.74, 6) is 0.0955. The lowest BCUT2D eigenvalue weighted by Gasteiger charge is -2.40. The van der Waals surface area contributed by atoms with Crippen LogP contribution in [-0.2, 0) is 20.6 Å². The molecule has 0 unspecified atom stereocenters. The molecule has 0 N–H and O–H groups in total. The first-order valence-corrected chi connectivity index (χ1v) is 11.7. The summed E-state index contributed by atoms with van der Waals surface area (Å²) in [7, 11) is -3.40. The number of piperidine rings is 2. The number of hydrogen-bond donors (Lipinski definition) is 0. The number of rotatable bonds is 4. The van der Waals surface area contributed by atoms with Crippen molar-refractivity contribution in [2.24, 2.45) is 11.3 Å². The van der Waals surface area contributed by atoms with Gasteiger partial charge in [0.1, 0.15) is 0 Å². The molecule has 1 amide bonds. The normalized spacial score (nSPS) is 22.0. The lowest BCUT2D eigenvalue weighted by atomic mass is 9.83. The molecule has 0 radical (unpaired) electrons. The van der Waals surface area contributed by atoms with Gasteiger partial charge in [-0.05, 0) is 48.8 Å². The SMILES string of the molecule is CC1(C)CCCN(C(=O)C2CCN(S(=O)(=O)Cc3cccc(Cl)c3)CC2)C1. The minimum Gasteiger partial charge on any atom is -0.342 e. The van der Waals surface area contributed by atoms with Gasteiger partial charge in [-0.2, -0.15) is 0 Å². The summed E-state index contributed by atoms with van der Waals surface area (Å²) in [5.41, 5.74) is 0.866. The Labute approximate surface area is 167 Å². The fourth-order valence-corrected chi connectivity index (χ4v) is 5.94. The van der Waals surface area contributed by atoms with E-state index < -0.39 is 10.0 Å². The second-order valence-electron chi connectivity index (χ2n) is 8.59. The standard InChI is InChI=1S/C20H29ClN2O3S/c1-20(2)9-4-10-22(15-20)19(24)17-7-11-23(12-8-17)27(25,26)14-16-5-3-6-18(21)13-16/h3,5-6,13,17H,4,7-12,14-15H2,1-2H3. The number of nitrogens with zero attached hydrogens (tertiary/aromatic N) is 2. The Morgan fingerprint density at radius 2 is 1.93 bits per heavy atom. The number of carbonyl (C=O) groups is 1. The molecule has 3 rings (SSSR count). The Kier molecular flexibility index (Phi) is 6.18. The highest BCUT2D eigenvalue weighted by Gasteiger charge is 2.36. The summed E-state index contributed by atoms with van der Waals surface area (Å²) >= 11 is 5.96. The predicted octanol–water partition coefficient (Wildman–Crippen LogP) is 3.53. The fourth-order valence-electron chi connectivity index (χ4n) is 4.18. The maximum Gasteiger partial charge on any atom is 0.225 e. The quantitative estimate of drug-likeness (QED) is 0.760. The minimum absolute atomic E-state index is 0.0491. The summed E-state index contributed by atoms with van der Waals surface area (Å²) < 4.78 is 27.0. The molecule has 0 spiro atoms. The Bertz CT molecular complexity index is 786. The van der Waals surface area contributed by atoms with Gasteiger partial charge in [0.25, 0.3) is 0 Å². The molecule has 0 atom stereocenters. The largest absolute Gasteiger partial charge is 0.342 e. The van der Waals surface area contributed by atoms with E-state index in [2.05, 4.69) is 13.8 Å². The molecule has 27 heavy (non-hydrogen) atoms. The topological polar surface area (TPSA) is 57.7 Å². The average Bonchev–Trinajstić information content (AvgIpc) is 2.60. The van der Waals surface area contributed by atoms with Crippen LogP contribution in [0.15, 0.2) is 24.3 Å². The van der Waals surface area contributed by atoms with Crippen LogP contribution in [-0.4, -0.2) is 49.7 Å². The molecule has 1 aromatic rings. The van der Waals surface area contributed by atoms with Crippen LogP contribution >= 0.6 is 11.6 Å². The third-order valence-corrected chi connectivity index (χ3v) is 7.73. The summed E-state index contributed by atoms with van der Waals surface area (Å²) in [6.45, 7) is 6.87. The molecular weight excluding hydrogens is 384 g/mol. The van der Waals surface area contributed by atoms with Crippen molar-refractivity contribution < 1.29 is 13.2 Å². The molecule has 0 saturated carbocycles. The molecule has 2 aliphatic rings. The van der Waals surface area contributed by atoms with Gasteiger partial charge < -0.3 is 4.90 Å². The van der Waals surface area contributed by atoms with Crippen molar-refractivity contribution in [2.45, 2.75) is 45.3 Å². The number of hydrogen-bond acceptors (Lipinski definition) is 3. The van der Waals surface area contributed by atoms with Gasteiger partial charge in [0.15, 0.2) is 0 Å². The van der Waals surface area contributed by atoms with E-state index in [0.29, 0.717) is 36.5 Å². The van der Waals surface area contributed by atoms with Crippen LogP contribution in [0.1, 0.15) is 45.1 Å². The van der Waals surface area contributed by atoms with Crippen molar-refractivity contribution in [3.63, 3.8) is 0 Å². The molecule has 150 valence electrons. The van der Waals surface area contributed by atoms with Gasteiger partial charge in [-0.3, -0.25) is 4.79 Å². The van der Waals surface area contributed by atoms with E-state index in [1.165, 1.54) is 4.31 Å². The zero-order chi connectivity index (χ0) is 19.7. The first-order valence-electron chi connectivity index (χ1n) is 9.67. The van der Waals surface area contributed by atoms with E-state index in [9.17, 15) is 13.2 Å². The lowest BCUT2D eigenvalue weighted by molar-refractivity contribution is -0.139. The van der Waals surface area contributed by atoms with Gasteiger partial charge in [-0.15, -0.1) is 0 Å². The first-order chi connectivity index (χ1) is 12.7. The molecule has 2 saturated heterocycles. The van der Waals surface area contributed by atoms with Crippen LogP contribution < -0.4 is 0 Å². The number of benzene rings is 1. The van der Waals surface area contributed by atoms with Gasteiger partial charge in [0, 0.05) is 37.1 Å². The van der Waals surface area contributed by atoms with Crippen LogP contribution in [0.2, 0.25) is 5.02 Å². The minimum atomic E-state index is -3.40. The summed E-state index contributed by atoms with van der Waals surface area (Å²) in [5, 5.41) is 0.538. The van der Waals surface area contributed by atoms with Crippen LogP contribution in [0.5, 0.6) is 0 Å². The number of likely N-dealkylation sites (tertiary alicyclic amines) is 1.